The predicted molar refractivity (Wildman–Crippen MR) is 84.1 cm³/mol. The van der Waals surface area contributed by atoms with Crippen molar-refractivity contribution in [2.75, 3.05) is 26.1 Å². The Morgan fingerprint density at radius 1 is 1.10 bits per heavy atom. The van der Waals surface area contributed by atoms with Crippen LogP contribution in [0.1, 0.15) is 19.4 Å². The Labute approximate surface area is 125 Å². The van der Waals surface area contributed by atoms with Crippen LogP contribution in [0.2, 0.25) is 0 Å². The van der Waals surface area contributed by atoms with Crippen molar-refractivity contribution in [3.05, 3.63) is 30.1 Å². The maximum Gasteiger partial charge on any atom is 0.170 e. The number of methoxy groups -OCH3 is 2. The summed E-state index contributed by atoms with van der Waals surface area (Å²) >= 11 is 0. The number of rotatable bonds is 6. The standard InChI is InChI=1S/C16H21N3O2/c1-5-11-14(18-10-19-16(11)17-6-2)12-8-7-9-13(20-3)15(12)21-4/h7-10H,5-6H2,1-4H3,(H,17,18,19). The second-order valence-corrected chi connectivity index (χ2v) is 4.47. The largest absolute Gasteiger partial charge is 0.493 e. The summed E-state index contributed by atoms with van der Waals surface area (Å²) < 4.78 is 10.9. The lowest BCUT2D eigenvalue weighted by atomic mass is 10.0. The normalized spacial score (nSPS) is 10.3. The van der Waals surface area contributed by atoms with Crippen molar-refractivity contribution in [2.45, 2.75) is 20.3 Å². The van der Waals surface area contributed by atoms with E-state index < -0.39 is 0 Å². The van der Waals surface area contributed by atoms with Gasteiger partial charge in [-0.1, -0.05) is 13.0 Å². The molecule has 5 nitrogen and oxygen atoms in total. The molecular weight excluding hydrogens is 266 g/mol. The summed E-state index contributed by atoms with van der Waals surface area (Å²) in [5.74, 6) is 2.26. The van der Waals surface area contributed by atoms with Crippen molar-refractivity contribution in [2.24, 2.45) is 0 Å². The van der Waals surface area contributed by atoms with Gasteiger partial charge in [0.25, 0.3) is 0 Å². The van der Waals surface area contributed by atoms with Gasteiger partial charge in [-0.25, -0.2) is 9.97 Å². The van der Waals surface area contributed by atoms with Gasteiger partial charge in [-0.2, -0.15) is 0 Å². The second-order valence-electron chi connectivity index (χ2n) is 4.47. The molecule has 21 heavy (non-hydrogen) atoms. The second kappa shape index (κ2) is 6.92. The number of anilines is 1. The van der Waals surface area contributed by atoms with Gasteiger partial charge in [0.05, 0.1) is 19.9 Å². The number of benzene rings is 1. The van der Waals surface area contributed by atoms with Crippen molar-refractivity contribution in [3.8, 4) is 22.8 Å². The third kappa shape index (κ3) is 2.91. The molecule has 1 heterocycles. The molecule has 5 heteroatoms. The highest BCUT2D eigenvalue weighted by molar-refractivity contribution is 5.76. The molecule has 0 unspecified atom stereocenters. The third-order valence-corrected chi connectivity index (χ3v) is 3.30. The van der Waals surface area contributed by atoms with Gasteiger partial charge in [-0.3, -0.25) is 0 Å². The quantitative estimate of drug-likeness (QED) is 0.884. The van der Waals surface area contributed by atoms with E-state index in [1.807, 2.05) is 25.1 Å². The van der Waals surface area contributed by atoms with Crippen LogP contribution in [0.4, 0.5) is 5.82 Å². The summed E-state index contributed by atoms with van der Waals surface area (Å²) in [6.45, 7) is 4.96. The fourth-order valence-electron chi connectivity index (χ4n) is 2.37. The van der Waals surface area contributed by atoms with Gasteiger partial charge in [-0.15, -0.1) is 0 Å². The minimum Gasteiger partial charge on any atom is -0.493 e. The molecule has 0 aliphatic rings. The fourth-order valence-corrected chi connectivity index (χ4v) is 2.37. The molecule has 2 aromatic rings. The molecule has 0 amide bonds. The van der Waals surface area contributed by atoms with E-state index in [0.717, 1.165) is 35.6 Å². The van der Waals surface area contributed by atoms with Crippen LogP contribution in [0.5, 0.6) is 11.5 Å². The molecule has 2 rings (SSSR count). The average Bonchev–Trinajstić information content (AvgIpc) is 2.54. The molecule has 1 aromatic carbocycles. The number of nitrogens with zero attached hydrogens (tertiary/aromatic N) is 2. The fraction of sp³-hybridized carbons (Fsp3) is 0.375. The number of nitrogens with one attached hydrogen (secondary N) is 1. The molecule has 0 spiro atoms. The lowest BCUT2D eigenvalue weighted by molar-refractivity contribution is 0.356. The molecule has 0 bridgehead atoms. The van der Waals surface area contributed by atoms with Crippen LogP contribution >= 0.6 is 0 Å². The molecule has 0 radical (unpaired) electrons. The van der Waals surface area contributed by atoms with Crippen LogP contribution in [0, 0.1) is 0 Å². The van der Waals surface area contributed by atoms with Gasteiger partial charge < -0.3 is 14.8 Å². The topological polar surface area (TPSA) is 56.3 Å². The average molecular weight is 287 g/mol. The number of hydrogen-bond acceptors (Lipinski definition) is 5. The van der Waals surface area contributed by atoms with Crippen LogP contribution in [0.25, 0.3) is 11.3 Å². The first-order chi connectivity index (χ1) is 10.3. The van der Waals surface area contributed by atoms with Gasteiger partial charge in [0, 0.05) is 17.7 Å². The van der Waals surface area contributed by atoms with Crippen LogP contribution in [-0.4, -0.2) is 30.7 Å². The van der Waals surface area contributed by atoms with Crippen LogP contribution < -0.4 is 14.8 Å². The van der Waals surface area contributed by atoms with E-state index in [1.165, 1.54) is 0 Å². The Hall–Kier alpha value is -2.30. The SMILES string of the molecule is CCNc1ncnc(-c2cccc(OC)c2OC)c1CC. The third-order valence-electron chi connectivity index (χ3n) is 3.30. The van der Waals surface area contributed by atoms with Crippen LogP contribution in [0.3, 0.4) is 0 Å². The summed E-state index contributed by atoms with van der Waals surface area (Å²) in [6, 6.07) is 5.80. The van der Waals surface area contributed by atoms with E-state index in [4.69, 9.17) is 9.47 Å². The van der Waals surface area contributed by atoms with E-state index in [1.54, 1.807) is 20.5 Å². The zero-order valence-electron chi connectivity index (χ0n) is 12.9. The molecule has 0 aliphatic carbocycles. The smallest absolute Gasteiger partial charge is 0.170 e. The summed E-state index contributed by atoms with van der Waals surface area (Å²) in [7, 11) is 3.27. The predicted octanol–water partition coefficient (Wildman–Crippen LogP) is 3.16. The Morgan fingerprint density at radius 3 is 2.52 bits per heavy atom. The molecule has 112 valence electrons. The van der Waals surface area contributed by atoms with E-state index in [-0.39, 0.29) is 0 Å². The molecular formula is C16H21N3O2. The zero-order chi connectivity index (χ0) is 15.2. The van der Waals surface area contributed by atoms with Crippen molar-refractivity contribution in [3.63, 3.8) is 0 Å². The molecule has 0 atom stereocenters. The number of para-hydroxylation sites is 1. The summed E-state index contributed by atoms with van der Waals surface area (Å²) in [5, 5.41) is 3.28. The van der Waals surface area contributed by atoms with E-state index >= 15 is 0 Å². The maximum atomic E-state index is 5.52. The van der Waals surface area contributed by atoms with Crippen LogP contribution in [0.15, 0.2) is 24.5 Å². The first kappa shape index (κ1) is 15.1. The van der Waals surface area contributed by atoms with Crippen molar-refractivity contribution >= 4 is 5.82 Å². The van der Waals surface area contributed by atoms with Gasteiger partial charge in [0.1, 0.15) is 12.1 Å². The molecule has 0 aliphatic heterocycles. The summed E-state index contributed by atoms with van der Waals surface area (Å²) in [4.78, 5) is 8.79. The highest BCUT2D eigenvalue weighted by atomic mass is 16.5. The highest BCUT2D eigenvalue weighted by Gasteiger charge is 2.17. The Bertz CT molecular complexity index is 614. The maximum absolute atomic E-state index is 5.52. The van der Waals surface area contributed by atoms with Crippen LogP contribution in [-0.2, 0) is 6.42 Å². The monoisotopic (exact) mass is 287 g/mol. The molecule has 0 saturated heterocycles. The number of aromatic nitrogens is 2. The minimum atomic E-state index is 0.691. The zero-order valence-corrected chi connectivity index (χ0v) is 12.9. The van der Waals surface area contributed by atoms with E-state index in [2.05, 4.69) is 22.2 Å². The summed E-state index contributed by atoms with van der Waals surface area (Å²) in [6.07, 6.45) is 2.41. The Morgan fingerprint density at radius 2 is 1.90 bits per heavy atom. The first-order valence-electron chi connectivity index (χ1n) is 7.05. The van der Waals surface area contributed by atoms with Gasteiger partial charge >= 0.3 is 0 Å². The number of hydrogen-bond donors (Lipinski definition) is 1. The molecule has 0 saturated carbocycles. The highest BCUT2D eigenvalue weighted by Crippen LogP contribution is 2.39. The lowest BCUT2D eigenvalue weighted by Crippen LogP contribution is -2.06. The molecule has 1 aromatic heterocycles. The lowest BCUT2D eigenvalue weighted by Gasteiger charge is -2.16. The van der Waals surface area contributed by atoms with E-state index in [9.17, 15) is 0 Å². The Balaban J connectivity index is 2.64. The van der Waals surface area contributed by atoms with Gasteiger partial charge in [-0.05, 0) is 25.5 Å². The molecule has 0 fully saturated rings. The van der Waals surface area contributed by atoms with Crippen molar-refractivity contribution < 1.29 is 9.47 Å². The van der Waals surface area contributed by atoms with Gasteiger partial charge in [0.2, 0.25) is 0 Å². The van der Waals surface area contributed by atoms with Gasteiger partial charge in [0.15, 0.2) is 11.5 Å². The number of ether oxygens (including phenoxy) is 2. The van der Waals surface area contributed by atoms with Crippen molar-refractivity contribution in [1.82, 2.24) is 9.97 Å². The minimum absolute atomic E-state index is 0.691. The first-order valence-corrected chi connectivity index (χ1v) is 7.05. The molecule has 1 N–H and O–H groups in total. The summed E-state index contributed by atoms with van der Waals surface area (Å²) in [5.41, 5.74) is 2.86. The van der Waals surface area contributed by atoms with E-state index in [0.29, 0.717) is 11.5 Å². The van der Waals surface area contributed by atoms with Crippen molar-refractivity contribution in [1.29, 1.82) is 0 Å². The Kier molecular flexibility index (Phi) is 4.98.